The van der Waals surface area contributed by atoms with Crippen molar-refractivity contribution in [3.05, 3.63) is 47.2 Å². The molecule has 8 nitrogen and oxygen atoms in total. The Morgan fingerprint density at radius 2 is 1.97 bits per heavy atom. The van der Waals surface area contributed by atoms with E-state index in [-0.39, 0.29) is 28.2 Å². The van der Waals surface area contributed by atoms with Gasteiger partial charge in [0, 0.05) is 25.5 Å². The van der Waals surface area contributed by atoms with Gasteiger partial charge in [-0.25, -0.2) is 22.5 Å². The number of hydrogen-bond acceptors (Lipinski definition) is 7. The number of anilines is 1. The lowest BCUT2D eigenvalue weighted by molar-refractivity contribution is 0.0478. The average Bonchev–Trinajstić information content (AvgIpc) is 2.90. The van der Waals surface area contributed by atoms with Crippen molar-refractivity contribution >= 4 is 21.8 Å². The van der Waals surface area contributed by atoms with E-state index < -0.39 is 16.0 Å². The minimum Gasteiger partial charge on any atom is -0.491 e. The maximum absolute atomic E-state index is 14.2. The van der Waals surface area contributed by atoms with E-state index >= 15 is 0 Å². The first-order valence-corrected chi connectivity index (χ1v) is 13.8. The van der Waals surface area contributed by atoms with Crippen molar-refractivity contribution < 1.29 is 27.4 Å². The molecule has 0 saturated carbocycles. The van der Waals surface area contributed by atoms with Crippen molar-refractivity contribution in [2.24, 2.45) is 5.92 Å². The van der Waals surface area contributed by atoms with Gasteiger partial charge in [0.15, 0.2) is 5.75 Å². The molecule has 1 aromatic heterocycles. The number of sulfonamides is 1. The normalized spacial score (nSPS) is 18.7. The van der Waals surface area contributed by atoms with Crippen molar-refractivity contribution in [2.75, 3.05) is 31.2 Å². The molecule has 0 aliphatic carbocycles. The number of fused-ring (bicyclic) bond motifs is 1. The van der Waals surface area contributed by atoms with Crippen molar-refractivity contribution in [1.82, 2.24) is 4.98 Å². The van der Waals surface area contributed by atoms with E-state index in [4.69, 9.17) is 14.2 Å². The van der Waals surface area contributed by atoms with Gasteiger partial charge in [0.25, 0.3) is 10.0 Å². The molecule has 1 unspecified atom stereocenters. The van der Waals surface area contributed by atoms with E-state index in [2.05, 4.69) is 11.9 Å². The predicted octanol–water partition coefficient (Wildman–Crippen LogP) is 4.16. The zero-order chi connectivity index (χ0) is 25.0. The van der Waals surface area contributed by atoms with Crippen LogP contribution < -0.4 is 9.04 Å². The van der Waals surface area contributed by atoms with Crippen LogP contribution in [0.4, 0.5) is 5.82 Å². The van der Waals surface area contributed by atoms with E-state index in [9.17, 15) is 13.2 Å². The number of pyridine rings is 1. The molecule has 1 aromatic carbocycles. The molecule has 0 bridgehead atoms. The number of benzene rings is 1. The van der Waals surface area contributed by atoms with E-state index in [1.807, 2.05) is 13.0 Å². The van der Waals surface area contributed by atoms with Crippen LogP contribution in [0.25, 0.3) is 0 Å². The second-order valence-corrected chi connectivity index (χ2v) is 10.9. The highest BCUT2D eigenvalue weighted by molar-refractivity contribution is 7.93. The fourth-order valence-electron chi connectivity index (χ4n) is 4.78. The van der Waals surface area contributed by atoms with Crippen LogP contribution in [0.5, 0.6) is 5.75 Å². The summed E-state index contributed by atoms with van der Waals surface area (Å²) in [5.74, 6) is 0.0798. The summed E-state index contributed by atoms with van der Waals surface area (Å²) in [4.78, 5) is 17.1. The molecule has 1 saturated heterocycles. The number of methoxy groups -OCH3 is 1. The van der Waals surface area contributed by atoms with Gasteiger partial charge in [0.2, 0.25) is 0 Å². The summed E-state index contributed by atoms with van der Waals surface area (Å²) in [6, 6.07) is 6.40. The second-order valence-electron chi connectivity index (χ2n) is 9.07. The highest BCUT2D eigenvalue weighted by Crippen LogP contribution is 2.39. The van der Waals surface area contributed by atoms with Crippen LogP contribution in [0, 0.1) is 5.92 Å². The van der Waals surface area contributed by atoms with Gasteiger partial charge in [0.1, 0.15) is 16.3 Å². The largest absolute Gasteiger partial charge is 0.491 e. The third-order valence-electron chi connectivity index (χ3n) is 6.89. The molecule has 2 aliphatic heterocycles. The van der Waals surface area contributed by atoms with E-state index in [0.29, 0.717) is 38.5 Å². The lowest BCUT2D eigenvalue weighted by Gasteiger charge is -2.37. The summed E-state index contributed by atoms with van der Waals surface area (Å²) < 4.78 is 46.4. The zero-order valence-electron chi connectivity index (χ0n) is 20.7. The average molecular weight is 503 g/mol. The Morgan fingerprint density at radius 3 is 2.66 bits per heavy atom. The van der Waals surface area contributed by atoms with Gasteiger partial charge < -0.3 is 14.2 Å². The number of rotatable bonds is 8. The number of aromatic nitrogens is 1. The molecule has 9 heteroatoms. The molecule has 4 rings (SSSR count). The monoisotopic (exact) mass is 502 g/mol. The maximum atomic E-state index is 14.2. The number of hydrogen-bond donors (Lipinski definition) is 0. The molecule has 0 amide bonds. The Labute approximate surface area is 207 Å². The van der Waals surface area contributed by atoms with Gasteiger partial charge in [-0.05, 0) is 67.7 Å². The number of carbonyl (C=O) groups is 1. The summed E-state index contributed by atoms with van der Waals surface area (Å²) in [5.41, 5.74) is 2.09. The van der Waals surface area contributed by atoms with Crippen molar-refractivity contribution in [3.63, 3.8) is 0 Å². The number of esters is 1. The predicted molar refractivity (Wildman–Crippen MR) is 132 cm³/mol. The molecule has 0 spiro atoms. The molecular formula is C26H34N2O6S. The quantitative estimate of drug-likeness (QED) is 0.500. The third kappa shape index (κ3) is 5.16. The van der Waals surface area contributed by atoms with Gasteiger partial charge in [-0.3, -0.25) is 0 Å². The van der Waals surface area contributed by atoms with Gasteiger partial charge >= 0.3 is 5.97 Å². The SMILES string of the molecule is CCc1cnc2c(c1)CCC(CC)N2S(=O)(=O)c1cccc(C(=O)OC)c1OCC1CCOCC1. The van der Waals surface area contributed by atoms with Crippen LogP contribution >= 0.6 is 0 Å². The fraction of sp³-hybridized carbons (Fsp3) is 0.538. The van der Waals surface area contributed by atoms with Crippen molar-refractivity contribution in [3.8, 4) is 5.75 Å². The molecule has 190 valence electrons. The van der Waals surface area contributed by atoms with Crippen LogP contribution in [0.3, 0.4) is 0 Å². The zero-order valence-corrected chi connectivity index (χ0v) is 21.5. The summed E-state index contributed by atoms with van der Waals surface area (Å²) in [6.07, 6.45) is 6.34. The second kappa shape index (κ2) is 11.0. The van der Waals surface area contributed by atoms with Gasteiger partial charge in [-0.2, -0.15) is 0 Å². The van der Waals surface area contributed by atoms with Gasteiger partial charge in [-0.1, -0.05) is 26.0 Å². The minimum absolute atomic E-state index is 0.0398. The molecule has 2 aliphatic rings. The summed E-state index contributed by atoms with van der Waals surface area (Å²) in [5, 5.41) is 0. The Kier molecular flexibility index (Phi) is 7.96. The number of carbonyl (C=O) groups excluding carboxylic acids is 1. The van der Waals surface area contributed by atoms with Crippen LogP contribution in [0.1, 0.15) is 61.0 Å². The number of aryl methyl sites for hydroxylation is 2. The standard InChI is InChI=1S/C26H34N2O6S/c1-4-18-15-20-9-10-21(5-2)28(25(20)27-16-18)35(30,31)23-8-6-7-22(26(29)32-3)24(23)34-17-19-11-13-33-14-12-19/h6-8,15-16,19,21H,4-5,9-14,17H2,1-3H3. The summed E-state index contributed by atoms with van der Waals surface area (Å²) in [6.45, 7) is 5.62. The number of ether oxygens (including phenoxy) is 3. The minimum atomic E-state index is -4.09. The molecule has 1 atom stereocenters. The molecule has 2 aromatic rings. The maximum Gasteiger partial charge on any atom is 0.341 e. The fourth-order valence-corrected chi connectivity index (χ4v) is 6.68. The Bertz CT molecular complexity index is 1160. The number of nitrogens with zero attached hydrogens (tertiary/aromatic N) is 2. The first-order chi connectivity index (χ1) is 16.9. The van der Waals surface area contributed by atoms with Crippen molar-refractivity contribution in [2.45, 2.75) is 63.3 Å². The highest BCUT2D eigenvalue weighted by atomic mass is 32.2. The molecule has 0 radical (unpaired) electrons. The molecule has 0 N–H and O–H groups in total. The highest BCUT2D eigenvalue weighted by Gasteiger charge is 2.39. The van der Waals surface area contributed by atoms with Crippen LogP contribution in [-0.2, 0) is 32.3 Å². The summed E-state index contributed by atoms with van der Waals surface area (Å²) >= 11 is 0. The van der Waals surface area contributed by atoms with Crippen LogP contribution in [0.15, 0.2) is 35.4 Å². The lowest BCUT2D eigenvalue weighted by atomic mass is 9.98. The third-order valence-corrected chi connectivity index (χ3v) is 8.76. The smallest absolute Gasteiger partial charge is 0.341 e. The van der Waals surface area contributed by atoms with Crippen LogP contribution in [-0.4, -0.2) is 52.3 Å². The first kappa shape index (κ1) is 25.4. The molecule has 1 fully saturated rings. The van der Waals surface area contributed by atoms with Crippen LogP contribution in [0.2, 0.25) is 0 Å². The first-order valence-electron chi connectivity index (χ1n) is 12.3. The van der Waals surface area contributed by atoms with E-state index in [1.54, 1.807) is 12.3 Å². The van der Waals surface area contributed by atoms with E-state index in [0.717, 1.165) is 36.8 Å². The van der Waals surface area contributed by atoms with Crippen molar-refractivity contribution in [1.29, 1.82) is 0 Å². The lowest BCUT2D eigenvalue weighted by Crippen LogP contribution is -2.44. The van der Waals surface area contributed by atoms with Gasteiger partial charge in [-0.15, -0.1) is 0 Å². The molecular weight excluding hydrogens is 468 g/mol. The Balaban J connectivity index is 1.79. The molecule has 35 heavy (non-hydrogen) atoms. The summed E-state index contributed by atoms with van der Waals surface area (Å²) in [7, 11) is -2.82. The van der Waals surface area contributed by atoms with E-state index in [1.165, 1.54) is 23.5 Å². The van der Waals surface area contributed by atoms with Gasteiger partial charge in [0.05, 0.1) is 13.7 Å². The Hall–Kier alpha value is -2.65. The topological polar surface area (TPSA) is 95.0 Å². The Morgan fingerprint density at radius 1 is 1.20 bits per heavy atom. The number of para-hydroxylation sites is 1. The molecule has 3 heterocycles.